The molecule has 1 heterocycles. The van der Waals surface area contributed by atoms with Crippen LogP contribution in [0.25, 0.3) is 0 Å². The van der Waals surface area contributed by atoms with Crippen molar-refractivity contribution in [2.45, 2.75) is 33.1 Å². The van der Waals surface area contributed by atoms with E-state index in [9.17, 15) is 0 Å². The smallest absolute Gasteiger partial charge is 0.0448 e. The Morgan fingerprint density at radius 1 is 1.36 bits per heavy atom. The van der Waals surface area contributed by atoms with Crippen LogP contribution in [-0.4, -0.2) is 0 Å². The Balaban J connectivity index is 2.51. The van der Waals surface area contributed by atoms with Crippen LogP contribution in [0.5, 0.6) is 0 Å². The molecule has 1 aliphatic rings. The molecule has 0 saturated heterocycles. The van der Waals surface area contributed by atoms with E-state index in [2.05, 4.69) is 44.8 Å². The Morgan fingerprint density at radius 3 is 2.71 bits per heavy atom. The van der Waals surface area contributed by atoms with E-state index in [0.29, 0.717) is 5.92 Å². The molecule has 74 valence electrons. The predicted molar refractivity (Wildman–Crippen MR) is 61.7 cm³/mol. The molecule has 0 radical (unpaired) electrons. The molecule has 0 unspecified atom stereocenters. The summed E-state index contributed by atoms with van der Waals surface area (Å²) in [5.74, 6) is 0.605. The summed E-state index contributed by atoms with van der Waals surface area (Å²) in [6, 6.07) is 4.58. The van der Waals surface area contributed by atoms with E-state index in [1.54, 1.807) is 0 Å². The number of rotatable bonds is 1. The molecular weight excluding hydrogens is 170 g/mol. The molecule has 0 bridgehead atoms. The van der Waals surface area contributed by atoms with Gasteiger partial charge in [-0.15, -0.1) is 0 Å². The zero-order valence-electron chi connectivity index (χ0n) is 9.15. The third kappa shape index (κ3) is 1.43. The minimum atomic E-state index is 0.605. The molecule has 0 spiro atoms. The van der Waals surface area contributed by atoms with E-state index >= 15 is 0 Å². The van der Waals surface area contributed by atoms with Gasteiger partial charge in [-0.05, 0) is 29.5 Å². The van der Waals surface area contributed by atoms with Gasteiger partial charge in [0, 0.05) is 17.8 Å². The van der Waals surface area contributed by atoms with E-state index in [1.165, 1.54) is 22.4 Å². The van der Waals surface area contributed by atoms with Crippen LogP contribution in [0.15, 0.2) is 24.4 Å². The van der Waals surface area contributed by atoms with Gasteiger partial charge >= 0.3 is 0 Å². The van der Waals surface area contributed by atoms with Crippen LogP contribution in [0, 0.1) is 6.92 Å². The molecule has 2 rings (SSSR count). The molecule has 0 amide bonds. The second-order valence-electron chi connectivity index (χ2n) is 4.43. The summed E-state index contributed by atoms with van der Waals surface area (Å²) in [7, 11) is 0. The van der Waals surface area contributed by atoms with Gasteiger partial charge < -0.3 is 5.32 Å². The van der Waals surface area contributed by atoms with E-state index in [0.717, 1.165) is 12.1 Å². The first-order valence-electron chi connectivity index (χ1n) is 5.16. The maximum absolute atomic E-state index is 3.97. The van der Waals surface area contributed by atoms with Gasteiger partial charge in [0.2, 0.25) is 0 Å². The van der Waals surface area contributed by atoms with Crippen molar-refractivity contribution in [1.29, 1.82) is 0 Å². The van der Waals surface area contributed by atoms with Crippen LogP contribution >= 0.6 is 0 Å². The van der Waals surface area contributed by atoms with E-state index in [4.69, 9.17) is 0 Å². The first-order valence-corrected chi connectivity index (χ1v) is 5.16. The fourth-order valence-corrected chi connectivity index (χ4v) is 1.99. The van der Waals surface area contributed by atoms with Gasteiger partial charge in [-0.25, -0.2) is 0 Å². The summed E-state index contributed by atoms with van der Waals surface area (Å²) in [6.45, 7) is 10.6. The number of hydrogen-bond acceptors (Lipinski definition) is 1. The SMILES string of the molecule is C=C1Cc2cc(C(C)C)cc(C)c2N1. The highest BCUT2D eigenvalue weighted by molar-refractivity contribution is 5.67. The van der Waals surface area contributed by atoms with Gasteiger partial charge in [0.15, 0.2) is 0 Å². The monoisotopic (exact) mass is 187 g/mol. The van der Waals surface area contributed by atoms with E-state index in [-0.39, 0.29) is 0 Å². The third-order valence-corrected chi connectivity index (χ3v) is 2.81. The average molecular weight is 187 g/mol. The minimum Gasteiger partial charge on any atom is -0.359 e. The molecule has 1 aliphatic heterocycles. The Kier molecular flexibility index (Phi) is 2.10. The van der Waals surface area contributed by atoms with Crippen LogP contribution < -0.4 is 5.32 Å². The lowest BCUT2D eigenvalue weighted by Crippen LogP contribution is -1.93. The molecule has 1 aromatic rings. The molecule has 1 nitrogen and oxygen atoms in total. The Labute approximate surface area is 85.8 Å². The van der Waals surface area contributed by atoms with Crippen molar-refractivity contribution >= 4 is 5.69 Å². The summed E-state index contributed by atoms with van der Waals surface area (Å²) in [5.41, 5.74) is 6.56. The van der Waals surface area contributed by atoms with Crippen molar-refractivity contribution in [3.63, 3.8) is 0 Å². The van der Waals surface area contributed by atoms with Gasteiger partial charge in [-0.3, -0.25) is 0 Å². The van der Waals surface area contributed by atoms with Crippen molar-refractivity contribution < 1.29 is 0 Å². The van der Waals surface area contributed by atoms with Crippen molar-refractivity contribution in [3.05, 3.63) is 41.1 Å². The second kappa shape index (κ2) is 3.16. The number of allylic oxidation sites excluding steroid dienone is 1. The molecule has 0 aromatic heterocycles. The summed E-state index contributed by atoms with van der Waals surface area (Å²) < 4.78 is 0. The average Bonchev–Trinajstić information content (AvgIpc) is 2.45. The number of benzene rings is 1. The molecule has 0 saturated carbocycles. The number of nitrogens with one attached hydrogen (secondary N) is 1. The van der Waals surface area contributed by atoms with Gasteiger partial charge in [0.25, 0.3) is 0 Å². The number of hydrogen-bond donors (Lipinski definition) is 1. The van der Waals surface area contributed by atoms with Crippen LogP contribution in [0.4, 0.5) is 5.69 Å². The Hall–Kier alpha value is -1.24. The summed E-state index contributed by atoms with van der Waals surface area (Å²) in [6.07, 6.45) is 0.983. The van der Waals surface area contributed by atoms with Gasteiger partial charge in [-0.2, -0.15) is 0 Å². The zero-order valence-corrected chi connectivity index (χ0v) is 9.15. The Morgan fingerprint density at radius 2 is 2.07 bits per heavy atom. The molecule has 0 atom stereocenters. The first kappa shape index (κ1) is 9.32. The van der Waals surface area contributed by atoms with Crippen molar-refractivity contribution in [1.82, 2.24) is 0 Å². The molecule has 0 aliphatic carbocycles. The molecule has 1 N–H and O–H groups in total. The van der Waals surface area contributed by atoms with Gasteiger partial charge in [-0.1, -0.05) is 32.6 Å². The van der Waals surface area contributed by atoms with Crippen LogP contribution in [0.3, 0.4) is 0 Å². The lowest BCUT2D eigenvalue weighted by atomic mass is 9.96. The minimum absolute atomic E-state index is 0.605. The standard InChI is InChI=1S/C13H17N/c1-8(2)11-5-9(3)13-12(7-11)6-10(4)14-13/h5,7-8,14H,4,6H2,1-3H3. The second-order valence-corrected chi connectivity index (χ2v) is 4.43. The fourth-order valence-electron chi connectivity index (χ4n) is 1.99. The van der Waals surface area contributed by atoms with E-state index < -0.39 is 0 Å². The lowest BCUT2D eigenvalue weighted by molar-refractivity contribution is 0.863. The molecule has 14 heavy (non-hydrogen) atoms. The third-order valence-electron chi connectivity index (χ3n) is 2.81. The van der Waals surface area contributed by atoms with Crippen LogP contribution in [-0.2, 0) is 6.42 Å². The summed E-state index contributed by atoms with van der Waals surface area (Å²) in [5, 5.41) is 3.34. The highest BCUT2D eigenvalue weighted by Gasteiger charge is 2.16. The highest BCUT2D eigenvalue weighted by Crippen LogP contribution is 2.33. The maximum atomic E-state index is 3.97. The quantitative estimate of drug-likeness (QED) is 0.708. The largest absolute Gasteiger partial charge is 0.359 e. The van der Waals surface area contributed by atoms with E-state index in [1.807, 2.05) is 0 Å². The summed E-state index contributed by atoms with van der Waals surface area (Å²) in [4.78, 5) is 0. The normalized spacial score (nSPS) is 14.4. The van der Waals surface area contributed by atoms with Crippen molar-refractivity contribution in [3.8, 4) is 0 Å². The topological polar surface area (TPSA) is 12.0 Å². The predicted octanol–water partition coefficient (Wildman–Crippen LogP) is 3.60. The number of aryl methyl sites for hydroxylation is 1. The molecule has 1 heteroatoms. The van der Waals surface area contributed by atoms with Crippen molar-refractivity contribution in [2.75, 3.05) is 5.32 Å². The maximum Gasteiger partial charge on any atom is 0.0448 e. The molecule has 1 aromatic carbocycles. The molecule has 0 fully saturated rings. The summed E-state index contributed by atoms with van der Waals surface area (Å²) >= 11 is 0. The number of anilines is 1. The molecular formula is C13H17N. The van der Waals surface area contributed by atoms with Crippen LogP contribution in [0.2, 0.25) is 0 Å². The van der Waals surface area contributed by atoms with Crippen LogP contribution in [0.1, 0.15) is 36.5 Å². The van der Waals surface area contributed by atoms with Gasteiger partial charge in [0.05, 0.1) is 0 Å². The highest BCUT2D eigenvalue weighted by atomic mass is 14.9. The first-order chi connectivity index (χ1) is 6.58. The Bertz CT molecular complexity index is 388. The fraction of sp³-hybridized carbons (Fsp3) is 0.385. The number of fused-ring (bicyclic) bond motifs is 1. The zero-order chi connectivity index (χ0) is 10.3. The lowest BCUT2D eigenvalue weighted by Gasteiger charge is -2.10. The van der Waals surface area contributed by atoms with Gasteiger partial charge in [0.1, 0.15) is 0 Å². The van der Waals surface area contributed by atoms with Crippen molar-refractivity contribution in [2.24, 2.45) is 0 Å².